The zero-order valence-electron chi connectivity index (χ0n) is 9.67. The Hall–Kier alpha value is -2.23. The monoisotopic (exact) mass is 265 g/mol. The molecule has 4 N–H and O–H groups in total. The van der Waals surface area contributed by atoms with E-state index in [1.54, 1.807) is 0 Å². The van der Waals surface area contributed by atoms with Crippen LogP contribution < -0.4 is 5.73 Å². The Balaban J connectivity index is 2.05. The van der Waals surface area contributed by atoms with Crippen LogP contribution in [0.3, 0.4) is 0 Å². The van der Waals surface area contributed by atoms with Crippen LogP contribution in [-0.2, 0) is 9.47 Å². The third kappa shape index (κ3) is 1.80. The molecule has 0 radical (unpaired) electrons. The van der Waals surface area contributed by atoms with Gasteiger partial charge in [-0.3, -0.25) is 4.57 Å². The highest BCUT2D eigenvalue weighted by Crippen LogP contribution is 2.29. The summed E-state index contributed by atoms with van der Waals surface area (Å²) in [6, 6.07) is 0. The Morgan fingerprint density at radius 1 is 1.32 bits per heavy atom. The zero-order valence-corrected chi connectivity index (χ0v) is 9.67. The van der Waals surface area contributed by atoms with Crippen LogP contribution in [0.4, 0.5) is 5.82 Å². The first kappa shape index (κ1) is 11.8. The summed E-state index contributed by atoms with van der Waals surface area (Å²) in [5, 5.41) is 19.1. The molecule has 1 saturated heterocycles. The van der Waals surface area contributed by atoms with Gasteiger partial charge in [-0.25, -0.2) is 15.0 Å². The number of nitrogens with two attached hydrogens (primary N) is 1. The van der Waals surface area contributed by atoms with Crippen molar-refractivity contribution in [2.24, 2.45) is 0 Å². The van der Waals surface area contributed by atoms with Crippen molar-refractivity contribution in [2.75, 3.05) is 5.73 Å². The second kappa shape index (κ2) is 4.16. The first-order valence-electron chi connectivity index (χ1n) is 5.38. The van der Waals surface area contributed by atoms with Gasteiger partial charge in [0.05, 0.1) is 0 Å². The highest BCUT2D eigenvalue weighted by atomic mass is 16.7. The molecule has 0 spiro atoms. The summed E-state index contributed by atoms with van der Waals surface area (Å²) in [4.78, 5) is 11.9. The molecule has 100 valence electrons. The lowest BCUT2D eigenvalue weighted by Gasteiger charge is -2.33. The number of aromatic nitrogens is 4. The normalized spacial score (nSPS) is 27.5. The lowest BCUT2D eigenvalue weighted by Crippen LogP contribution is -2.39. The number of hydrogen-bond acceptors (Lipinski definition) is 8. The minimum Gasteiger partial charge on any atom is -0.464 e. The van der Waals surface area contributed by atoms with Crippen LogP contribution in [0.25, 0.3) is 11.2 Å². The summed E-state index contributed by atoms with van der Waals surface area (Å²) in [5.41, 5.74) is 6.43. The molecule has 0 aromatic carbocycles. The van der Waals surface area contributed by atoms with Gasteiger partial charge in [0.2, 0.25) is 18.8 Å². The maximum Gasteiger partial charge on any atom is 0.229 e. The second-order valence-electron chi connectivity index (χ2n) is 3.94. The third-order valence-electron chi connectivity index (χ3n) is 2.72. The van der Waals surface area contributed by atoms with Crippen molar-refractivity contribution in [1.82, 2.24) is 19.5 Å². The van der Waals surface area contributed by atoms with Gasteiger partial charge in [0.1, 0.15) is 23.9 Å². The Morgan fingerprint density at radius 2 is 2.11 bits per heavy atom. The fourth-order valence-corrected chi connectivity index (χ4v) is 1.80. The highest BCUT2D eigenvalue weighted by molar-refractivity contribution is 5.81. The number of imidazole rings is 1. The molecule has 0 aliphatic carbocycles. The number of nitrogen functional groups attached to an aromatic ring is 1. The van der Waals surface area contributed by atoms with Crippen molar-refractivity contribution < 1.29 is 19.7 Å². The molecule has 19 heavy (non-hydrogen) atoms. The summed E-state index contributed by atoms with van der Waals surface area (Å²) in [6.45, 7) is 3.49. The summed E-state index contributed by atoms with van der Waals surface area (Å²) in [7, 11) is 0. The number of hydrogen-bond donors (Lipinski definition) is 3. The van der Waals surface area contributed by atoms with E-state index >= 15 is 0 Å². The largest absolute Gasteiger partial charge is 0.464 e. The number of nitrogens with zero attached hydrogens (tertiary/aromatic N) is 4. The second-order valence-corrected chi connectivity index (χ2v) is 3.94. The minimum atomic E-state index is -1.39. The number of aliphatic hydroxyl groups excluding tert-OH is 2. The number of fused-ring (bicyclic) bond motifs is 1. The quantitative estimate of drug-likeness (QED) is 0.605. The van der Waals surface area contributed by atoms with E-state index in [9.17, 15) is 10.2 Å². The number of anilines is 1. The topological polar surface area (TPSA) is 129 Å². The molecule has 3 rings (SSSR count). The van der Waals surface area contributed by atoms with Crippen LogP contribution in [-0.4, -0.2) is 42.3 Å². The van der Waals surface area contributed by atoms with Crippen molar-refractivity contribution in [3.8, 4) is 0 Å². The van der Waals surface area contributed by atoms with Crippen LogP contribution >= 0.6 is 0 Å². The number of rotatable bonds is 1. The predicted octanol–water partition coefficient (Wildman–Crippen LogP) is -0.896. The number of aliphatic hydroxyl groups is 2. The zero-order chi connectivity index (χ0) is 13.6. The average molecular weight is 265 g/mol. The molecule has 0 bridgehead atoms. The molecule has 3 unspecified atom stereocenters. The summed E-state index contributed by atoms with van der Waals surface area (Å²) in [6.07, 6.45) is -1.07. The van der Waals surface area contributed by atoms with Crippen molar-refractivity contribution in [1.29, 1.82) is 0 Å². The Labute approximate surface area is 106 Å². The molecular weight excluding hydrogens is 254 g/mol. The first-order chi connectivity index (χ1) is 9.08. The van der Waals surface area contributed by atoms with E-state index in [0.717, 1.165) is 0 Å². The molecular formula is C10H11N5O4. The van der Waals surface area contributed by atoms with Gasteiger partial charge in [0.15, 0.2) is 11.5 Å². The molecule has 0 amide bonds. The van der Waals surface area contributed by atoms with Crippen LogP contribution in [0.5, 0.6) is 0 Å². The van der Waals surface area contributed by atoms with E-state index in [-0.39, 0.29) is 11.6 Å². The van der Waals surface area contributed by atoms with Gasteiger partial charge >= 0.3 is 0 Å². The van der Waals surface area contributed by atoms with Gasteiger partial charge in [-0.1, -0.05) is 6.58 Å². The Bertz CT molecular complexity index is 642. The van der Waals surface area contributed by atoms with Crippen LogP contribution in [0.2, 0.25) is 0 Å². The minimum absolute atomic E-state index is 0.0146. The standard InChI is InChI=1S/C10H11N5O4/c1-4-9(16)19-10(17)8(18-4)15-3-14-5-6(11)12-2-13-7(5)15/h2-3,8-10,16-17H,1H2,(H2,11,12,13). The summed E-state index contributed by atoms with van der Waals surface area (Å²) < 4.78 is 11.6. The van der Waals surface area contributed by atoms with Crippen LogP contribution in [0.15, 0.2) is 25.0 Å². The first-order valence-corrected chi connectivity index (χ1v) is 5.38. The molecule has 0 saturated carbocycles. The smallest absolute Gasteiger partial charge is 0.229 e. The van der Waals surface area contributed by atoms with Crippen molar-refractivity contribution in [2.45, 2.75) is 18.8 Å². The van der Waals surface area contributed by atoms with E-state index in [2.05, 4.69) is 21.5 Å². The maximum absolute atomic E-state index is 9.79. The fraction of sp³-hybridized carbons (Fsp3) is 0.300. The summed E-state index contributed by atoms with van der Waals surface area (Å²) >= 11 is 0. The molecule has 2 aromatic heterocycles. The summed E-state index contributed by atoms with van der Waals surface area (Å²) in [5.74, 6) is 0.202. The van der Waals surface area contributed by atoms with Crippen molar-refractivity contribution >= 4 is 17.0 Å². The van der Waals surface area contributed by atoms with E-state index in [0.29, 0.717) is 11.2 Å². The molecule has 1 aliphatic rings. The van der Waals surface area contributed by atoms with Gasteiger partial charge in [-0.15, -0.1) is 0 Å². The fourth-order valence-electron chi connectivity index (χ4n) is 1.80. The third-order valence-corrected chi connectivity index (χ3v) is 2.72. The maximum atomic E-state index is 9.79. The van der Waals surface area contributed by atoms with Crippen molar-refractivity contribution in [3.05, 3.63) is 25.0 Å². The molecule has 3 heterocycles. The molecule has 9 heteroatoms. The van der Waals surface area contributed by atoms with E-state index in [4.69, 9.17) is 15.2 Å². The Kier molecular flexibility index (Phi) is 2.59. The average Bonchev–Trinajstić information content (AvgIpc) is 2.79. The van der Waals surface area contributed by atoms with E-state index in [1.807, 2.05) is 0 Å². The van der Waals surface area contributed by atoms with Crippen molar-refractivity contribution in [3.63, 3.8) is 0 Å². The SMILES string of the molecule is C=C1OC(n2cnc3c(N)ncnc32)C(O)OC1O. The van der Waals surface area contributed by atoms with Gasteiger partial charge in [0, 0.05) is 0 Å². The lowest BCUT2D eigenvalue weighted by atomic mass is 10.4. The van der Waals surface area contributed by atoms with E-state index in [1.165, 1.54) is 17.2 Å². The van der Waals surface area contributed by atoms with Crippen LogP contribution in [0, 0.1) is 0 Å². The highest BCUT2D eigenvalue weighted by Gasteiger charge is 2.35. The van der Waals surface area contributed by atoms with Gasteiger partial charge < -0.3 is 25.4 Å². The van der Waals surface area contributed by atoms with Gasteiger partial charge in [-0.2, -0.15) is 0 Å². The molecule has 1 aliphatic heterocycles. The molecule has 3 atom stereocenters. The molecule has 1 fully saturated rings. The lowest BCUT2D eigenvalue weighted by molar-refractivity contribution is -0.297. The predicted molar refractivity (Wildman–Crippen MR) is 62.1 cm³/mol. The van der Waals surface area contributed by atoms with E-state index < -0.39 is 18.8 Å². The molecule has 2 aromatic rings. The number of ether oxygens (including phenoxy) is 2. The Morgan fingerprint density at radius 3 is 2.89 bits per heavy atom. The molecule has 9 nitrogen and oxygen atoms in total. The van der Waals surface area contributed by atoms with Crippen LogP contribution in [0.1, 0.15) is 6.23 Å². The van der Waals surface area contributed by atoms with Gasteiger partial charge in [-0.05, 0) is 0 Å². The van der Waals surface area contributed by atoms with Gasteiger partial charge in [0.25, 0.3) is 0 Å².